The molecular formula is C22H22N2O3. The van der Waals surface area contributed by atoms with Crippen molar-refractivity contribution >= 4 is 17.5 Å². The SMILES string of the molecule is O=C(Nc1ccccc1)[C@@H]1C(=O)N[C@]23CCCC[C@H]2[C@H]1c1ccccc1O3. The van der Waals surface area contributed by atoms with Crippen molar-refractivity contribution in [2.45, 2.75) is 37.3 Å². The normalized spacial score (nSPS) is 31.0. The molecule has 0 spiro atoms. The standard InChI is InChI=1S/C22H22N2O3/c25-20(23-14-8-2-1-3-9-14)19-18-15-10-4-5-12-17(15)27-22(24-21(19)26)13-7-6-11-16(18)22/h1-5,8-10,12,16,18-19H,6-7,11,13H2,(H,23,25)(H,24,26)/t16-,18+,19+,22-/m0/s1. The first kappa shape index (κ1) is 16.4. The summed E-state index contributed by atoms with van der Waals surface area (Å²) in [5.74, 6) is -0.497. The molecule has 4 atom stereocenters. The Hall–Kier alpha value is -2.82. The number of fused-ring (bicyclic) bond motifs is 2. The van der Waals surface area contributed by atoms with Gasteiger partial charge >= 0.3 is 0 Å². The lowest BCUT2D eigenvalue weighted by Gasteiger charge is -2.55. The van der Waals surface area contributed by atoms with Gasteiger partial charge in [-0.25, -0.2) is 0 Å². The van der Waals surface area contributed by atoms with Crippen LogP contribution < -0.4 is 15.4 Å². The van der Waals surface area contributed by atoms with Gasteiger partial charge in [0.25, 0.3) is 0 Å². The topological polar surface area (TPSA) is 67.4 Å². The summed E-state index contributed by atoms with van der Waals surface area (Å²) >= 11 is 0. The lowest BCUT2D eigenvalue weighted by molar-refractivity contribution is -0.160. The van der Waals surface area contributed by atoms with E-state index in [9.17, 15) is 9.59 Å². The van der Waals surface area contributed by atoms with Crippen molar-refractivity contribution in [3.63, 3.8) is 0 Å². The van der Waals surface area contributed by atoms with Gasteiger partial charge in [-0.2, -0.15) is 0 Å². The lowest BCUT2D eigenvalue weighted by Crippen LogP contribution is -2.69. The molecule has 2 amide bonds. The summed E-state index contributed by atoms with van der Waals surface area (Å²) < 4.78 is 6.35. The summed E-state index contributed by atoms with van der Waals surface area (Å²) in [5.41, 5.74) is 1.01. The molecule has 0 radical (unpaired) electrons. The molecular weight excluding hydrogens is 340 g/mol. The highest BCUT2D eigenvalue weighted by atomic mass is 16.5. The van der Waals surface area contributed by atoms with Crippen LogP contribution in [-0.2, 0) is 9.59 Å². The van der Waals surface area contributed by atoms with Crippen LogP contribution in [0.1, 0.15) is 37.2 Å². The van der Waals surface area contributed by atoms with E-state index >= 15 is 0 Å². The van der Waals surface area contributed by atoms with E-state index in [4.69, 9.17) is 4.74 Å². The fourth-order valence-electron chi connectivity index (χ4n) is 5.09. The van der Waals surface area contributed by atoms with Crippen LogP contribution in [0.15, 0.2) is 54.6 Å². The number of benzene rings is 2. The molecule has 2 aromatic rings. The first-order chi connectivity index (χ1) is 13.2. The molecule has 2 N–H and O–H groups in total. The smallest absolute Gasteiger partial charge is 0.237 e. The lowest BCUT2D eigenvalue weighted by atomic mass is 9.62. The second-order valence-electron chi connectivity index (χ2n) is 7.73. The van der Waals surface area contributed by atoms with Crippen LogP contribution >= 0.6 is 0 Å². The Kier molecular flexibility index (Phi) is 3.71. The van der Waals surface area contributed by atoms with Gasteiger partial charge in [-0.15, -0.1) is 0 Å². The first-order valence-corrected chi connectivity index (χ1v) is 9.64. The number of amides is 2. The number of anilines is 1. The summed E-state index contributed by atoms with van der Waals surface area (Å²) in [5, 5.41) is 6.03. The van der Waals surface area contributed by atoms with Gasteiger partial charge in [0.1, 0.15) is 11.7 Å². The van der Waals surface area contributed by atoms with Gasteiger partial charge in [0.15, 0.2) is 5.72 Å². The fraction of sp³-hybridized carbons (Fsp3) is 0.364. The van der Waals surface area contributed by atoms with Crippen LogP contribution in [0.25, 0.3) is 0 Å². The van der Waals surface area contributed by atoms with Crippen molar-refractivity contribution in [3.05, 3.63) is 60.2 Å². The highest BCUT2D eigenvalue weighted by Gasteiger charge is 2.60. The Bertz CT molecular complexity index is 897. The predicted octanol–water partition coefficient (Wildman–Crippen LogP) is 3.43. The molecule has 2 fully saturated rings. The van der Waals surface area contributed by atoms with Gasteiger partial charge in [-0.3, -0.25) is 9.59 Å². The number of hydrogen-bond donors (Lipinski definition) is 2. The van der Waals surface area contributed by atoms with Gasteiger partial charge in [0.05, 0.1) is 0 Å². The number of rotatable bonds is 2. The molecule has 138 valence electrons. The molecule has 2 bridgehead atoms. The monoisotopic (exact) mass is 362 g/mol. The molecule has 5 rings (SSSR count). The Morgan fingerprint density at radius 2 is 1.85 bits per heavy atom. The molecule has 3 aliphatic rings. The Labute approximate surface area is 158 Å². The average molecular weight is 362 g/mol. The second kappa shape index (κ2) is 6.12. The number of carbonyl (C=O) groups is 2. The summed E-state index contributed by atoms with van der Waals surface area (Å²) in [4.78, 5) is 26.2. The Morgan fingerprint density at radius 1 is 1.07 bits per heavy atom. The van der Waals surface area contributed by atoms with Gasteiger partial charge < -0.3 is 15.4 Å². The number of hydrogen-bond acceptors (Lipinski definition) is 3. The summed E-state index contributed by atoms with van der Waals surface area (Å²) in [7, 11) is 0. The van der Waals surface area contributed by atoms with E-state index in [1.807, 2.05) is 54.6 Å². The van der Waals surface area contributed by atoms with E-state index in [0.717, 1.165) is 37.0 Å². The van der Waals surface area contributed by atoms with E-state index < -0.39 is 11.6 Å². The minimum absolute atomic E-state index is 0.116. The molecule has 2 aliphatic heterocycles. The third-order valence-electron chi connectivity index (χ3n) is 6.22. The predicted molar refractivity (Wildman–Crippen MR) is 101 cm³/mol. The molecule has 2 heterocycles. The molecule has 2 aromatic carbocycles. The van der Waals surface area contributed by atoms with E-state index in [-0.39, 0.29) is 23.7 Å². The van der Waals surface area contributed by atoms with E-state index in [0.29, 0.717) is 5.69 Å². The highest BCUT2D eigenvalue weighted by Crippen LogP contribution is 2.55. The van der Waals surface area contributed by atoms with Crippen molar-refractivity contribution in [1.29, 1.82) is 0 Å². The molecule has 0 aromatic heterocycles. The maximum absolute atomic E-state index is 13.1. The molecule has 5 nitrogen and oxygen atoms in total. The largest absolute Gasteiger partial charge is 0.467 e. The fourth-order valence-corrected chi connectivity index (χ4v) is 5.09. The third kappa shape index (κ3) is 2.52. The van der Waals surface area contributed by atoms with E-state index in [1.54, 1.807) is 0 Å². The van der Waals surface area contributed by atoms with Crippen molar-refractivity contribution in [3.8, 4) is 5.75 Å². The highest BCUT2D eigenvalue weighted by molar-refractivity contribution is 6.08. The first-order valence-electron chi connectivity index (χ1n) is 9.64. The minimum Gasteiger partial charge on any atom is -0.467 e. The van der Waals surface area contributed by atoms with E-state index in [1.165, 1.54) is 0 Å². The summed E-state index contributed by atoms with van der Waals surface area (Å²) in [6.45, 7) is 0. The Balaban J connectivity index is 1.57. The van der Waals surface area contributed by atoms with Crippen LogP contribution in [0, 0.1) is 11.8 Å². The van der Waals surface area contributed by atoms with E-state index in [2.05, 4.69) is 10.6 Å². The third-order valence-corrected chi connectivity index (χ3v) is 6.22. The zero-order valence-corrected chi connectivity index (χ0v) is 15.0. The number of para-hydroxylation sites is 2. The second-order valence-corrected chi connectivity index (χ2v) is 7.73. The van der Waals surface area contributed by atoms with Crippen molar-refractivity contribution in [2.24, 2.45) is 11.8 Å². The zero-order chi connectivity index (χ0) is 18.4. The number of ether oxygens (including phenoxy) is 1. The van der Waals surface area contributed by atoms with Gasteiger partial charge in [-0.1, -0.05) is 42.8 Å². The average Bonchev–Trinajstić information content (AvgIpc) is 2.67. The molecule has 27 heavy (non-hydrogen) atoms. The molecule has 0 unspecified atom stereocenters. The van der Waals surface area contributed by atoms with Gasteiger partial charge in [0, 0.05) is 23.9 Å². The van der Waals surface area contributed by atoms with Crippen LogP contribution in [0.4, 0.5) is 5.69 Å². The van der Waals surface area contributed by atoms with Crippen LogP contribution in [0.2, 0.25) is 0 Å². The maximum atomic E-state index is 13.1. The zero-order valence-electron chi connectivity index (χ0n) is 15.0. The maximum Gasteiger partial charge on any atom is 0.237 e. The Morgan fingerprint density at radius 3 is 2.70 bits per heavy atom. The summed E-state index contributed by atoms with van der Waals surface area (Å²) in [6, 6.07) is 17.1. The van der Waals surface area contributed by atoms with Gasteiger partial charge in [-0.05, 0) is 36.6 Å². The summed E-state index contributed by atoms with van der Waals surface area (Å²) in [6.07, 6.45) is 3.86. The van der Waals surface area contributed by atoms with Crippen molar-refractivity contribution < 1.29 is 14.3 Å². The van der Waals surface area contributed by atoms with Crippen LogP contribution in [0.5, 0.6) is 5.75 Å². The van der Waals surface area contributed by atoms with Crippen molar-refractivity contribution in [2.75, 3.05) is 5.32 Å². The molecule has 5 heteroatoms. The molecule has 1 aliphatic carbocycles. The van der Waals surface area contributed by atoms with Gasteiger partial charge in [0.2, 0.25) is 11.8 Å². The number of piperidine rings is 1. The molecule has 1 saturated heterocycles. The van der Waals surface area contributed by atoms with Crippen molar-refractivity contribution in [1.82, 2.24) is 5.32 Å². The minimum atomic E-state index is -0.758. The number of carbonyl (C=O) groups excluding carboxylic acids is 2. The number of nitrogens with one attached hydrogen (secondary N) is 2. The molecule has 1 saturated carbocycles. The van der Waals surface area contributed by atoms with Crippen LogP contribution in [-0.4, -0.2) is 17.5 Å². The quantitative estimate of drug-likeness (QED) is 0.805. The van der Waals surface area contributed by atoms with Crippen LogP contribution in [0.3, 0.4) is 0 Å².